The molecule has 2 N–H and O–H groups in total. The highest BCUT2D eigenvalue weighted by Gasteiger charge is 2.30. The molecular weight excluding hydrogens is 368 g/mol. The van der Waals surface area contributed by atoms with Gasteiger partial charge in [-0.15, -0.1) is 13.2 Å². The van der Waals surface area contributed by atoms with Crippen molar-refractivity contribution < 1.29 is 22.7 Å². The fourth-order valence-electron chi connectivity index (χ4n) is 1.76. The van der Waals surface area contributed by atoms with E-state index in [-0.39, 0.29) is 12.3 Å². The molecule has 0 atom stereocenters. The van der Waals surface area contributed by atoms with Crippen molar-refractivity contribution >= 4 is 34.9 Å². The smallest absolute Gasteiger partial charge is 0.406 e. The molecule has 0 aliphatic rings. The van der Waals surface area contributed by atoms with Crippen molar-refractivity contribution in [2.24, 2.45) is 0 Å². The Labute approximate surface area is 145 Å². The van der Waals surface area contributed by atoms with E-state index in [0.717, 1.165) is 12.1 Å². The molecule has 0 bridgehead atoms. The first kappa shape index (κ1) is 18.2. The fraction of sp³-hybridized carbons (Fsp3) is 0.133. The predicted octanol–water partition coefficient (Wildman–Crippen LogP) is 5.21. The zero-order valence-corrected chi connectivity index (χ0v) is 13.5. The molecule has 0 aliphatic carbocycles. The third-order valence-corrected chi connectivity index (χ3v) is 3.39. The average molecular weight is 379 g/mol. The molecule has 24 heavy (non-hydrogen) atoms. The summed E-state index contributed by atoms with van der Waals surface area (Å²) in [6.07, 6.45) is -4.76. The molecule has 0 saturated heterocycles. The van der Waals surface area contributed by atoms with Crippen molar-refractivity contribution in [3.05, 3.63) is 58.1 Å². The molecule has 0 aliphatic heterocycles. The number of amides is 2. The van der Waals surface area contributed by atoms with E-state index in [1.54, 1.807) is 18.2 Å². The van der Waals surface area contributed by atoms with Gasteiger partial charge in [-0.3, -0.25) is 0 Å². The maximum Gasteiger partial charge on any atom is 0.573 e. The second-order valence-electron chi connectivity index (χ2n) is 4.62. The Morgan fingerprint density at radius 2 is 1.75 bits per heavy atom. The van der Waals surface area contributed by atoms with Crippen molar-refractivity contribution in [2.45, 2.75) is 12.9 Å². The van der Waals surface area contributed by atoms with Gasteiger partial charge in [0.05, 0.1) is 0 Å². The van der Waals surface area contributed by atoms with Crippen LogP contribution >= 0.6 is 23.2 Å². The number of alkyl halides is 3. The minimum Gasteiger partial charge on any atom is -0.406 e. The van der Waals surface area contributed by atoms with Crippen molar-refractivity contribution in [2.75, 3.05) is 5.32 Å². The Hall–Kier alpha value is -2.12. The molecule has 4 nitrogen and oxygen atoms in total. The van der Waals surface area contributed by atoms with E-state index in [4.69, 9.17) is 23.2 Å². The van der Waals surface area contributed by atoms with Gasteiger partial charge in [-0.25, -0.2) is 4.79 Å². The SMILES string of the molecule is O=C(NCc1ccc(Cl)cc1Cl)Nc1ccc(OC(F)(F)F)cc1. The second-order valence-corrected chi connectivity index (χ2v) is 5.46. The number of hydrogen-bond acceptors (Lipinski definition) is 2. The van der Waals surface area contributed by atoms with E-state index < -0.39 is 12.4 Å². The van der Waals surface area contributed by atoms with Crippen LogP contribution in [0, 0.1) is 0 Å². The van der Waals surface area contributed by atoms with E-state index in [9.17, 15) is 18.0 Å². The van der Waals surface area contributed by atoms with Crippen LogP contribution in [0.5, 0.6) is 5.75 Å². The largest absolute Gasteiger partial charge is 0.573 e. The highest BCUT2D eigenvalue weighted by Crippen LogP contribution is 2.24. The number of hydrogen-bond donors (Lipinski definition) is 2. The quantitative estimate of drug-likeness (QED) is 0.766. The minimum absolute atomic E-state index is 0.164. The summed E-state index contributed by atoms with van der Waals surface area (Å²) in [6.45, 7) is 0.164. The van der Waals surface area contributed by atoms with Crippen LogP contribution in [0.3, 0.4) is 0 Å². The minimum atomic E-state index is -4.76. The Kier molecular flexibility index (Phi) is 5.80. The fourth-order valence-corrected chi connectivity index (χ4v) is 2.23. The lowest BCUT2D eigenvalue weighted by atomic mass is 10.2. The van der Waals surface area contributed by atoms with Gasteiger partial charge in [0, 0.05) is 22.3 Å². The van der Waals surface area contributed by atoms with E-state index in [1.807, 2.05) is 0 Å². The van der Waals surface area contributed by atoms with Gasteiger partial charge in [0.25, 0.3) is 0 Å². The maximum atomic E-state index is 12.1. The van der Waals surface area contributed by atoms with E-state index in [0.29, 0.717) is 21.3 Å². The summed E-state index contributed by atoms with van der Waals surface area (Å²) in [6, 6.07) is 9.10. The molecule has 9 heteroatoms. The van der Waals surface area contributed by atoms with Gasteiger partial charge in [0.1, 0.15) is 5.75 Å². The van der Waals surface area contributed by atoms with Crippen LogP contribution in [0.2, 0.25) is 10.0 Å². The monoisotopic (exact) mass is 378 g/mol. The number of rotatable bonds is 4. The number of carbonyl (C=O) groups is 1. The second kappa shape index (κ2) is 7.63. The van der Waals surface area contributed by atoms with Gasteiger partial charge < -0.3 is 15.4 Å². The number of halogens is 5. The molecule has 2 aromatic rings. The normalized spacial score (nSPS) is 11.0. The van der Waals surface area contributed by atoms with Gasteiger partial charge in [0.2, 0.25) is 0 Å². The summed E-state index contributed by atoms with van der Waals surface area (Å²) in [5.74, 6) is -0.374. The summed E-state index contributed by atoms with van der Waals surface area (Å²) in [4.78, 5) is 11.8. The third kappa shape index (κ3) is 5.82. The number of urea groups is 1. The van der Waals surface area contributed by atoms with Crippen molar-refractivity contribution in [1.29, 1.82) is 0 Å². The first-order valence-electron chi connectivity index (χ1n) is 6.57. The standard InChI is InChI=1S/C15H11Cl2F3N2O2/c16-10-2-1-9(13(17)7-10)8-21-14(23)22-11-3-5-12(6-4-11)24-15(18,19)20/h1-7H,8H2,(H2,21,22,23). The molecule has 2 rings (SSSR count). The molecule has 2 aromatic carbocycles. The average Bonchev–Trinajstić information content (AvgIpc) is 2.47. The summed E-state index contributed by atoms with van der Waals surface area (Å²) < 4.78 is 39.9. The van der Waals surface area contributed by atoms with Crippen LogP contribution in [0.25, 0.3) is 0 Å². The Morgan fingerprint density at radius 1 is 1.08 bits per heavy atom. The molecule has 0 unspecified atom stereocenters. The van der Waals surface area contributed by atoms with Crippen LogP contribution in [0.1, 0.15) is 5.56 Å². The highest BCUT2D eigenvalue weighted by atomic mass is 35.5. The van der Waals surface area contributed by atoms with Crippen molar-refractivity contribution in [3.63, 3.8) is 0 Å². The number of anilines is 1. The van der Waals surface area contributed by atoms with Crippen LogP contribution in [-0.4, -0.2) is 12.4 Å². The topological polar surface area (TPSA) is 50.4 Å². The summed E-state index contributed by atoms with van der Waals surface area (Å²) >= 11 is 11.8. The molecule has 0 saturated carbocycles. The summed E-state index contributed by atoms with van der Waals surface area (Å²) in [5.41, 5.74) is 0.981. The number of carbonyl (C=O) groups excluding carboxylic acids is 1. The lowest BCUT2D eigenvalue weighted by molar-refractivity contribution is -0.274. The molecule has 0 aromatic heterocycles. The van der Waals surface area contributed by atoms with Gasteiger partial charge in [0.15, 0.2) is 0 Å². The van der Waals surface area contributed by atoms with E-state index >= 15 is 0 Å². The van der Waals surface area contributed by atoms with Gasteiger partial charge in [-0.2, -0.15) is 0 Å². The van der Waals surface area contributed by atoms with Crippen LogP contribution in [0.4, 0.5) is 23.7 Å². The third-order valence-electron chi connectivity index (χ3n) is 2.80. The first-order chi connectivity index (χ1) is 11.2. The Bertz CT molecular complexity index is 722. The molecule has 0 heterocycles. The van der Waals surface area contributed by atoms with E-state index in [2.05, 4.69) is 15.4 Å². The summed E-state index contributed by atoms with van der Waals surface area (Å²) in [7, 11) is 0. The van der Waals surface area contributed by atoms with Crippen LogP contribution in [-0.2, 0) is 6.54 Å². The molecule has 2 amide bonds. The zero-order valence-electron chi connectivity index (χ0n) is 12.0. The predicted molar refractivity (Wildman–Crippen MR) is 85.4 cm³/mol. The number of ether oxygens (including phenoxy) is 1. The van der Waals surface area contributed by atoms with E-state index in [1.165, 1.54) is 12.1 Å². The van der Waals surface area contributed by atoms with Crippen molar-refractivity contribution in [1.82, 2.24) is 5.32 Å². The number of nitrogens with one attached hydrogen (secondary N) is 2. The molecule has 0 radical (unpaired) electrons. The number of benzene rings is 2. The molecule has 0 fully saturated rings. The molecule has 128 valence electrons. The molecular formula is C15H11Cl2F3N2O2. The Morgan fingerprint density at radius 3 is 2.33 bits per heavy atom. The maximum absolute atomic E-state index is 12.1. The first-order valence-corrected chi connectivity index (χ1v) is 7.33. The highest BCUT2D eigenvalue weighted by molar-refractivity contribution is 6.35. The van der Waals surface area contributed by atoms with Gasteiger partial charge >= 0.3 is 12.4 Å². The van der Waals surface area contributed by atoms with Crippen LogP contribution < -0.4 is 15.4 Å². The lowest BCUT2D eigenvalue weighted by Crippen LogP contribution is -2.28. The van der Waals surface area contributed by atoms with Gasteiger partial charge in [-0.05, 0) is 42.0 Å². The van der Waals surface area contributed by atoms with Crippen molar-refractivity contribution in [3.8, 4) is 5.75 Å². The van der Waals surface area contributed by atoms with Crippen LogP contribution in [0.15, 0.2) is 42.5 Å². The zero-order chi connectivity index (χ0) is 17.7. The summed E-state index contributed by atoms with van der Waals surface area (Å²) in [5, 5.41) is 5.94. The Balaban J connectivity index is 1.88. The lowest BCUT2D eigenvalue weighted by Gasteiger charge is -2.11. The molecule has 0 spiro atoms. The van der Waals surface area contributed by atoms with Gasteiger partial charge in [-0.1, -0.05) is 29.3 Å².